The van der Waals surface area contributed by atoms with Crippen LogP contribution in [0.15, 0.2) is 24.3 Å². The summed E-state index contributed by atoms with van der Waals surface area (Å²) in [6, 6.07) is 6.24. The van der Waals surface area contributed by atoms with E-state index in [1.54, 1.807) is 23.1 Å². The fraction of sp³-hybridized carbons (Fsp3) is 0.462. The molecule has 0 spiro atoms. The Hall–Kier alpha value is -1.80. The van der Waals surface area contributed by atoms with Crippen LogP contribution in [0.4, 0.5) is 16.2 Å². The minimum absolute atomic E-state index is 0.172. The molecular weight excluding hydrogens is 292 g/mol. The van der Waals surface area contributed by atoms with Gasteiger partial charge < -0.3 is 10.2 Å². The Bertz CT molecular complexity index is 610. The average Bonchev–Trinajstić information content (AvgIpc) is 2.37. The lowest BCUT2D eigenvalue weighted by Gasteiger charge is -2.30. The Balaban J connectivity index is 1.99. The van der Waals surface area contributed by atoms with Crippen LogP contribution in [-0.2, 0) is 10.2 Å². The van der Waals surface area contributed by atoms with Gasteiger partial charge in [-0.25, -0.2) is 9.93 Å². The Morgan fingerprint density at radius 2 is 1.90 bits per heavy atom. The molecule has 0 unspecified atom stereocenters. The van der Waals surface area contributed by atoms with E-state index >= 15 is 0 Å². The number of nitrogens with zero attached hydrogens (tertiary/aromatic N) is 1. The number of benzene rings is 1. The van der Waals surface area contributed by atoms with Crippen molar-refractivity contribution in [3.05, 3.63) is 24.3 Å². The molecule has 8 heteroatoms. The van der Waals surface area contributed by atoms with Gasteiger partial charge in [-0.2, -0.15) is 8.42 Å². The number of nitrogens with two attached hydrogens (primary N) is 1. The number of nitrogens with one attached hydrogen (secondary N) is 2. The number of urea groups is 1. The second kappa shape index (κ2) is 6.31. The first-order valence-electron chi connectivity index (χ1n) is 6.80. The lowest BCUT2D eigenvalue weighted by Crippen LogP contribution is -2.40. The predicted octanol–water partition coefficient (Wildman–Crippen LogP) is 1.57. The number of carbonyl (C=O) groups excluding carboxylic acids is 1. The summed E-state index contributed by atoms with van der Waals surface area (Å²) in [7, 11) is -3.82. The molecule has 1 aromatic rings. The van der Waals surface area contributed by atoms with E-state index in [-0.39, 0.29) is 6.03 Å². The van der Waals surface area contributed by atoms with Crippen molar-refractivity contribution < 1.29 is 13.2 Å². The molecule has 0 aromatic heterocycles. The largest absolute Gasteiger partial charge is 0.325 e. The maximum Gasteiger partial charge on any atom is 0.321 e. The standard InChI is InChI=1S/C13H20N4O3S/c1-10-5-7-17(8-6-10)13(18)15-11-3-2-4-12(9-11)16-21(14,19)20/h2-4,9-10,16H,5-8H2,1H3,(H,15,18)(H2,14,19,20). The molecule has 21 heavy (non-hydrogen) atoms. The highest BCUT2D eigenvalue weighted by molar-refractivity contribution is 7.90. The smallest absolute Gasteiger partial charge is 0.321 e. The molecule has 1 aliphatic heterocycles. The van der Waals surface area contributed by atoms with Crippen molar-refractivity contribution in [1.29, 1.82) is 0 Å². The van der Waals surface area contributed by atoms with Gasteiger partial charge in [-0.1, -0.05) is 13.0 Å². The molecule has 0 bridgehead atoms. The van der Waals surface area contributed by atoms with E-state index in [0.29, 0.717) is 17.3 Å². The molecular formula is C13H20N4O3S. The first-order chi connectivity index (χ1) is 9.83. The van der Waals surface area contributed by atoms with E-state index in [0.717, 1.165) is 25.9 Å². The fourth-order valence-electron chi connectivity index (χ4n) is 2.24. The number of hydrogen-bond donors (Lipinski definition) is 3. The van der Waals surface area contributed by atoms with Crippen molar-refractivity contribution in [3.8, 4) is 0 Å². The number of hydrogen-bond acceptors (Lipinski definition) is 3. The van der Waals surface area contributed by atoms with Crippen LogP contribution in [-0.4, -0.2) is 32.4 Å². The van der Waals surface area contributed by atoms with Gasteiger partial charge in [0.2, 0.25) is 0 Å². The Kier molecular flexibility index (Phi) is 4.69. The van der Waals surface area contributed by atoms with E-state index in [1.165, 1.54) is 6.07 Å². The Labute approximate surface area is 124 Å². The molecule has 1 fully saturated rings. The monoisotopic (exact) mass is 312 g/mol. The van der Waals surface area contributed by atoms with Crippen LogP contribution in [0.3, 0.4) is 0 Å². The van der Waals surface area contributed by atoms with Crippen molar-refractivity contribution >= 4 is 27.6 Å². The minimum Gasteiger partial charge on any atom is -0.325 e. The normalized spacial score (nSPS) is 16.6. The van der Waals surface area contributed by atoms with Gasteiger partial charge in [0.25, 0.3) is 10.2 Å². The average molecular weight is 312 g/mol. The highest BCUT2D eigenvalue weighted by Crippen LogP contribution is 2.19. The van der Waals surface area contributed by atoms with Crippen LogP contribution in [0.1, 0.15) is 19.8 Å². The van der Waals surface area contributed by atoms with Gasteiger partial charge in [0.15, 0.2) is 0 Å². The summed E-state index contributed by atoms with van der Waals surface area (Å²) >= 11 is 0. The van der Waals surface area contributed by atoms with Crippen LogP contribution in [0, 0.1) is 5.92 Å². The van der Waals surface area contributed by atoms with Gasteiger partial charge in [0.1, 0.15) is 0 Å². The number of anilines is 2. The molecule has 0 atom stereocenters. The Morgan fingerprint density at radius 3 is 2.52 bits per heavy atom. The zero-order valence-electron chi connectivity index (χ0n) is 11.9. The molecule has 116 valence electrons. The molecule has 1 heterocycles. The van der Waals surface area contributed by atoms with Crippen LogP contribution in [0.5, 0.6) is 0 Å². The van der Waals surface area contributed by atoms with Gasteiger partial charge >= 0.3 is 6.03 Å². The first-order valence-corrected chi connectivity index (χ1v) is 8.34. The van der Waals surface area contributed by atoms with Crippen molar-refractivity contribution in [2.75, 3.05) is 23.1 Å². The summed E-state index contributed by atoms with van der Waals surface area (Å²) in [5.74, 6) is 0.649. The zero-order chi connectivity index (χ0) is 15.5. The van der Waals surface area contributed by atoms with Gasteiger partial charge in [0, 0.05) is 18.8 Å². The maximum absolute atomic E-state index is 12.1. The summed E-state index contributed by atoms with van der Waals surface area (Å²) in [6.07, 6.45) is 2.00. The summed E-state index contributed by atoms with van der Waals surface area (Å²) in [6.45, 7) is 3.65. The summed E-state index contributed by atoms with van der Waals surface area (Å²) in [4.78, 5) is 13.9. The number of piperidine rings is 1. The van der Waals surface area contributed by atoms with Crippen LogP contribution < -0.4 is 15.2 Å². The van der Waals surface area contributed by atoms with Gasteiger partial charge in [0.05, 0.1) is 5.69 Å². The predicted molar refractivity (Wildman–Crippen MR) is 82.2 cm³/mol. The van der Waals surface area contributed by atoms with Crippen LogP contribution in [0.2, 0.25) is 0 Å². The number of likely N-dealkylation sites (tertiary alicyclic amines) is 1. The SMILES string of the molecule is CC1CCN(C(=O)Nc2cccc(NS(N)(=O)=O)c2)CC1. The van der Waals surface area contributed by atoms with E-state index in [4.69, 9.17) is 5.14 Å². The molecule has 4 N–H and O–H groups in total. The van der Waals surface area contributed by atoms with Crippen LogP contribution in [0.25, 0.3) is 0 Å². The van der Waals surface area contributed by atoms with E-state index < -0.39 is 10.2 Å². The summed E-state index contributed by atoms with van der Waals surface area (Å²) in [5.41, 5.74) is 0.829. The van der Waals surface area contributed by atoms with E-state index in [1.807, 2.05) is 0 Å². The van der Waals surface area contributed by atoms with Crippen molar-refractivity contribution in [2.45, 2.75) is 19.8 Å². The second-order valence-electron chi connectivity index (χ2n) is 5.33. The maximum atomic E-state index is 12.1. The number of amides is 2. The molecule has 0 aliphatic carbocycles. The number of carbonyl (C=O) groups is 1. The van der Waals surface area contributed by atoms with Crippen LogP contribution >= 0.6 is 0 Å². The minimum atomic E-state index is -3.82. The molecule has 0 saturated carbocycles. The van der Waals surface area contributed by atoms with Gasteiger partial charge in [-0.15, -0.1) is 0 Å². The first kappa shape index (κ1) is 15.6. The molecule has 7 nitrogen and oxygen atoms in total. The van der Waals surface area contributed by atoms with Crippen molar-refractivity contribution in [3.63, 3.8) is 0 Å². The summed E-state index contributed by atoms with van der Waals surface area (Å²) < 4.78 is 24.1. The van der Waals surface area contributed by atoms with Crippen molar-refractivity contribution in [2.24, 2.45) is 11.1 Å². The number of rotatable bonds is 3. The third kappa shape index (κ3) is 4.91. The zero-order valence-corrected chi connectivity index (χ0v) is 12.7. The lowest BCUT2D eigenvalue weighted by molar-refractivity contribution is 0.186. The van der Waals surface area contributed by atoms with Gasteiger partial charge in [-0.3, -0.25) is 4.72 Å². The topological polar surface area (TPSA) is 105 Å². The molecule has 2 amide bonds. The molecule has 2 rings (SSSR count). The molecule has 1 aromatic carbocycles. The lowest BCUT2D eigenvalue weighted by atomic mass is 10.00. The third-order valence-corrected chi connectivity index (χ3v) is 3.97. The van der Waals surface area contributed by atoms with E-state index in [9.17, 15) is 13.2 Å². The second-order valence-corrected chi connectivity index (χ2v) is 6.62. The Morgan fingerprint density at radius 1 is 1.29 bits per heavy atom. The molecule has 0 radical (unpaired) electrons. The summed E-state index contributed by atoms with van der Waals surface area (Å²) in [5, 5.41) is 7.68. The third-order valence-electron chi connectivity index (χ3n) is 3.44. The highest BCUT2D eigenvalue weighted by Gasteiger charge is 2.20. The van der Waals surface area contributed by atoms with E-state index in [2.05, 4.69) is 17.0 Å². The molecule has 1 saturated heterocycles. The highest BCUT2D eigenvalue weighted by atomic mass is 32.2. The van der Waals surface area contributed by atoms with Gasteiger partial charge in [-0.05, 0) is 37.0 Å². The quantitative estimate of drug-likeness (QED) is 0.789. The fourth-order valence-corrected chi connectivity index (χ4v) is 2.69. The van der Waals surface area contributed by atoms with Crippen molar-refractivity contribution in [1.82, 2.24) is 4.90 Å². The molecule has 1 aliphatic rings.